The lowest BCUT2D eigenvalue weighted by Crippen LogP contribution is -2.21. The van der Waals surface area contributed by atoms with Crippen molar-refractivity contribution in [1.29, 1.82) is 0 Å². The van der Waals surface area contributed by atoms with E-state index < -0.39 is 0 Å². The number of fused-ring (bicyclic) bond motifs is 1. The topological polar surface area (TPSA) is 22.1 Å². The Balaban J connectivity index is 2.52. The fourth-order valence-electron chi connectivity index (χ4n) is 2.25. The molecule has 0 saturated carbocycles. The van der Waals surface area contributed by atoms with Gasteiger partial charge in [0.15, 0.2) is 0 Å². The molecule has 0 N–H and O–H groups in total. The van der Waals surface area contributed by atoms with Crippen molar-refractivity contribution in [2.24, 2.45) is 0 Å². The van der Waals surface area contributed by atoms with Crippen LogP contribution in [-0.4, -0.2) is 11.6 Å². The summed E-state index contributed by atoms with van der Waals surface area (Å²) >= 11 is 0. The second-order valence-electron chi connectivity index (χ2n) is 5.51. The minimum absolute atomic E-state index is 0.138. The zero-order valence-corrected chi connectivity index (χ0v) is 10.8. The second-order valence-corrected chi connectivity index (χ2v) is 5.51. The molecule has 0 radical (unpaired) electrons. The number of hydrogen-bond donors (Lipinski definition) is 0. The number of rotatable bonds is 1. The monoisotopic (exact) mass is 219 g/mol. The van der Waals surface area contributed by atoms with E-state index in [9.17, 15) is 0 Å². The van der Waals surface area contributed by atoms with Crippen molar-refractivity contribution in [3.8, 4) is 0 Å². The first-order chi connectivity index (χ1) is 7.52. The molecule has 16 heavy (non-hydrogen) atoms. The summed E-state index contributed by atoms with van der Waals surface area (Å²) in [6.45, 7) is 10.5. The summed E-state index contributed by atoms with van der Waals surface area (Å²) in [7, 11) is 0. The Kier molecular flexibility index (Phi) is 3.02. The lowest BCUT2D eigenvalue weighted by atomic mass is 9.86. The third kappa shape index (κ3) is 2.12. The van der Waals surface area contributed by atoms with E-state index in [0.29, 0.717) is 0 Å². The van der Waals surface area contributed by atoms with Crippen molar-refractivity contribution in [3.05, 3.63) is 28.6 Å². The quantitative estimate of drug-likeness (QED) is 0.724. The van der Waals surface area contributed by atoms with Gasteiger partial charge in [-0.3, -0.25) is 4.98 Å². The van der Waals surface area contributed by atoms with Gasteiger partial charge in [0.1, 0.15) is 0 Å². The molecule has 2 rings (SSSR count). The molecule has 0 amide bonds. The third-order valence-electron chi connectivity index (χ3n) is 3.10. The Morgan fingerprint density at radius 1 is 1.38 bits per heavy atom. The maximum atomic E-state index is 5.48. The number of nitrogens with zero attached hydrogens (tertiary/aromatic N) is 1. The molecule has 0 aliphatic carbocycles. The summed E-state index contributed by atoms with van der Waals surface area (Å²) in [6.07, 6.45) is 2.01. The van der Waals surface area contributed by atoms with Gasteiger partial charge >= 0.3 is 0 Å². The first-order valence-electron chi connectivity index (χ1n) is 6.12. The lowest BCUT2D eigenvalue weighted by Gasteiger charge is -2.25. The molecule has 0 spiro atoms. The Morgan fingerprint density at radius 3 is 2.75 bits per heavy atom. The summed E-state index contributed by atoms with van der Waals surface area (Å²) < 4.78 is 5.48. The van der Waals surface area contributed by atoms with E-state index in [1.54, 1.807) is 0 Å². The van der Waals surface area contributed by atoms with Crippen molar-refractivity contribution in [1.82, 2.24) is 4.98 Å². The molecule has 1 aromatic heterocycles. The van der Waals surface area contributed by atoms with Crippen molar-refractivity contribution in [2.45, 2.75) is 52.6 Å². The van der Waals surface area contributed by atoms with Gasteiger partial charge in [-0.1, -0.05) is 27.7 Å². The molecule has 0 fully saturated rings. The van der Waals surface area contributed by atoms with Gasteiger partial charge in [0.2, 0.25) is 0 Å². The Bertz CT molecular complexity index is 390. The molecule has 2 nitrogen and oxygen atoms in total. The molecule has 0 unspecified atom stereocenters. The standard InChI is InChI=1S/C14H21NO/c1-5-10-8-11-9-16-7-6-12(11)15-13(10)14(2,3)4/h8H,5-7,9H2,1-4H3. The fraction of sp³-hybridized carbons (Fsp3) is 0.643. The molecule has 1 aliphatic rings. The van der Waals surface area contributed by atoms with E-state index in [2.05, 4.69) is 33.8 Å². The van der Waals surface area contributed by atoms with Crippen LogP contribution < -0.4 is 0 Å². The van der Waals surface area contributed by atoms with Gasteiger partial charge in [0, 0.05) is 23.2 Å². The third-order valence-corrected chi connectivity index (χ3v) is 3.10. The van der Waals surface area contributed by atoms with E-state index in [4.69, 9.17) is 9.72 Å². The predicted molar refractivity (Wildman–Crippen MR) is 65.7 cm³/mol. The first kappa shape index (κ1) is 11.6. The number of hydrogen-bond acceptors (Lipinski definition) is 2. The highest BCUT2D eigenvalue weighted by atomic mass is 16.5. The molecule has 0 saturated heterocycles. The van der Waals surface area contributed by atoms with E-state index in [1.807, 2.05) is 0 Å². The van der Waals surface area contributed by atoms with Gasteiger partial charge in [0.25, 0.3) is 0 Å². The Labute approximate surface area is 98.0 Å². The lowest BCUT2D eigenvalue weighted by molar-refractivity contribution is 0.109. The van der Waals surface area contributed by atoms with Crippen molar-refractivity contribution < 1.29 is 4.74 Å². The van der Waals surface area contributed by atoms with Gasteiger partial charge < -0.3 is 4.74 Å². The molecular formula is C14H21NO. The molecule has 1 aromatic rings. The summed E-state index contributed by atoms with van der Waals surface area (Å²) in [5.74, 6) is 0. The fourth-order valence-corrected chi connectivity index (χ4v) is 2.25. The minimum Gasteiger partial charge on any atom is -0.376 e. The van der Waals surface area contributed by atoms with Gasteiger partial charge in [-0.25, -0.2) is 0 Å². The molecule has 2 heterocycles. The average molecular weight is 219 g/mol. The minimum atomic E-state index is 0.138. The number of aryl methyl sites for hydroxylation is 1. The van der Waals surface area contributed by atoms with E-state index in [0.717, 1.165) is 26.1 Å². The number of aromatic nitrogens is 1. The normalized spacial score (nSPS) is 16.0. The van der Waals surface area contributed by atoms with Crippen molar-refractivity contribution in [3.63, 3.8) is 0 Å². The highest BCUT2D eigenvalue weighted by Crippen LogP contribution is 2.28. The molecule has 0 atom stereocenters. The van der Waals surface area contributed by atoms with Crippen LogP contribution in [0.1, 0.15) is 50.2 Å². The maximum absolute atomic E-state index is 5.48. The van der Waals surface area contributed by atoms with Crippen LogP contribution in [0.3, 0.4) is 0 Å². The zero-order chi connectivity index (χ0) is 11.8. The van der Waals surface area contributed by atoms with Crippen LogP contribution >= 0.6 is 0 Å². The molecule has 1 aliphatic heterocycles. The summed E-state index contributed by atoms with van der Waals surface area (Å²) in [6, 6.07) is 2.29. The Hall–Kier alpha value is -0.890. The van der Waals surface area contributed by atoms with Gasteiger partial charge in [-0.15, -0.1) is 0 Å². The van der Waals surface area contributed by atoms with Crippen LogP contribution in [-0.2, 0) is 29.6 Å². The second kappa shape index (κ2) is 4.17. The maximum Gasteiger partial charge on any atom is 0.0734 e. The average Bonchev–Trinajstić information content (AvgIpc) is 2.26. The van der Waals surface area contributed by atoms with Crippen LogP contribution in [0.15, 0.2) is 6.07 Å². The predicted octanol–water partition coefficient (Wildman–Crippen LogP) is 3.01. The summed E-state index contributed by atoms with van der Waals surface area (Å²) in [4.78, 5) is 4.88. The smallest absolute Gasteiger partial charge is 0.0734 e. The van der Waals surface area contributed by atoms with Crippen LogP contribution in [0.2, 0.25) is 0 Å². The summed E-state index contributed by atoms with van der Waals surface area (Å²) in [5.41, 5.74) is 5.30. The van der Waals surface area contributed by atoms with Gasteiger partial charge in [-0.05, 0) is 23.6 Å². The SMILES string of the molecule is CCc1cc2c(nc1C(C)(C)C)CCOC2. The van der Waals surface area contributed by atoms with Gasteiger partial charge in [-0.2, -0.15) is 0 Å². The van der Waals surface area contributed by atoms with Crippen LogP contribution in [0.25, 0.3) is 0 Å². The largest absolute Gasteiger partial charge is 0.376 e. The molecule has 0 aromatic carbocycles. The Morgan fingerprint density at radius 2 is 2.12 bits per heavy atom. The molecule has 2 heteroatoms. The van der Waals surface area contributed by atoms with E-state index >= 15 is 0 Å². The highest BCUT2D eigenvalue weighted by molar-refractivity contribution is 5.34. The van der Waals surface area contributed by atoms with E-state index in [-0.39, 0.29) is 5.41 Å². The summed E-state index contributed by atoms with van der Waals surface area (Å²) in [5, 5.41) is 0. The molecular weight excluding hydrogens is 198 g/mol. The first-order valence-corrected chi connectivity index (χ1v) is 6.12. The van der Waals surface area contributed by atoms with Crippen LogP contribution in [0, 0.1) is 0 Å². The van der Waals surface area contributed by atoms with Crippen molar-refractivity contribution >= 4 is 0 Å². The van der Waals surface area contributed by atoms with Gasteiger partial charge in [0.05, 0.1) is 13.2 Å². The molecule has 88 valence electrons. The van der Waals surface area contributed by atoms with Crippen LogP contribution in [0.4, 0.5) is 0 Å². The van der Waals surface area contributed by atoms with E-state index in [1.165, 1.54) is 22.5 Å². The zero-order valence-electron chi connectivity index (χ0n) is 10.8. The van der Waals surface area contributed by atoms with Crippen molar-refractivity contribution in [2.75, 3.05) is 6.61 Å². The number of pyridine rings is 1. The van der Waals surface area contributed by atoms with Crippen LogP contribution in [0.5, 0.6) is 0 Å². The highest BCUT2D eigenvalue weighted by Gasteiger charge is 2.22. The molecule has 0 bridgehead atoms. The number of ether oxygens (including phenoxy) is 1.